The number of carboxylic acids is 1. The minimum absolute atomic E-state index is 0.460. The number of carbonyl (C=O) groups is 3. The van der Waals surface area contributed by atoms with Crippen molar-refractivity contribution in [2.45, 2.75) is 6.42 Å². The van der Waals surface area contributed by atoms with Gasteiger partial charge in [-0.1, -0.05) is 12.2 Å². The quantitative estimate of drug-likeness (QED) is 0.515. The Kier molecular flexibility index (Phi) is 4.26. The van der Waals surface area contributed by atoms with Gasteiger partial charge >= 0.3 is 12.0 Å². The minimum Gasteiger partial charge on any atom is -0.478 e. The molecule has 0 bridgehead atoms. The molecule has 1 rings (SSSR count). The lowest BCUT2D eigenvalue weighted by Crippen LogP contribution is -2.43. The third-order valence-electron chi connectivity index (χ3n) is 1.95. The Morgan fingerprint density at radius 3 is 2.56 bits per heavy atom. The zero-order chi connectivity index (χ0) is 12.0. The van der Waals surface area contributed by atoms with Crippen LogP contribution in [-0.4, -0.2) is 41.0 Å². The maximum Gasteiger partial charge on any atom is 0.328 e. The Bertz CT molecular complexity index is 360. The molecule has 0 radical (unpaired) electrons. The molecule has 3 amide bonds. The molecule has 16 heavy (non-hydrogen) atoms. The van der Waals surface area contributed by atoms with Crippen LogP contribution in [0, 0.1) is 0 Å². The maximum absolute atomic E-state index is 11.4. The molecular weight excluding hydrogens is 212 g/mol. The summed E-state index contributed by atoms with van der Waals surface area (Å²) in [4.78, 5) is 34.1. The number of hydrogen-bond acceptors (Lipinski definition) is 3. The summed E-state index contributed by atoms with van der Waals surface area (Å²) in [5.74, 6) is -1.97. The van der Waals surface area contributed by atoms with Crippen molar-refractivity contribution >= 4 is 17.9 Å². The van der Waals surface area contributed by atoms with Gasteiger partial charge in [-0.25, -0.2) is 9.59 Å². The summed E-state index contributed by atoms with van der Waals surface area (Å²) >= 11 is 0. The number of urea groups is 1. The number of carboxylic acid groups (broad SMARTS) is 1. The molecule has 6 nitrogen and oxygen atoms in total. The largest absolute Gasteiger partial charge is 0.478 e. The molecule has 0 unspecified atom stereocenters. The Hall–Kier alpha value is -2.11. The van der Waals surface area contributed by atoms with E-state index in [1.165, 1.54) is 4.90 Å². The topological polar surface area (TPSA) is 86.7 Å². The fourth-order valence-electron chi connectivity index (χ4n) is 1.20. The number of nitrogens with one attached hydrogen (secondary N) is 1. The highest BCUT2D eigenvalue weighted by Gasteiger charge is 2.14. The van der Waals surface area contributed by atoms with Crippen molar-refractivity contribution in [3.05, 3.63) is 24.3 Å². The van der Waals surface area contributed by atoms with Crippen LogP contribution in [0.2, 0.25) is 0 Å². The van der Waals surface area contributed by atoms with Gasteiger partial charge in [-0.3, -0.25) is 10.1 Å². The second-order valence-electron chi connectivity index (χ2n) is 3.17. The van der Waals surface area contributed by atoms with E-state index in [0.717, 1.165) is 12.5 Å². The van der Waals surface area contributed by atoms with Crippen LogP contribution in [0.1, 0.15) is 6.42 Å². The van der Waals surface area contributed by atoms with Crippen LogP contribution in [0.15, 0.2) is 24.3 Å². The number of imide groups is 1. The van der Waals surface area contributed by atoms with E-state index >= 15 is 0 Å². The van der Waals surface area contributed by atoms with Crippen molar-refractivity contribution in [1.82, 2.24) is 10.2 Å². The SMILES string of the molecule is O=C(O)/C=C/C(=O)NC(=O)N1CC=CCC1. The monoisotopic (exact) mass is 224 g/mol. The van der Waals surface area contributed by atoms with Crippen molar-refractivity contribution in [3.63, 3.8) is 0 Å². The summed E-state index contributed by atoms with van der Waals surface area (Å²) in [6.07, 6.45) is 6.03. The second kappa shape index (κ2) is 5.69. The summed E-state index contributed by atoms with van der Waals surface area (Å²) in [7, 11) is 0. The highest BCUT2D eigenvalue weighted by atomic mass is 16.4. The number of rotatable bonds is 2. The van der Waals surface area contributed by atoms with Gasteiger partial charge in [0.15, 0.2) is 0 Å². The maximum atomic E-state index is 11.4. The number of nitrogens with zero attached hydrogens (tertiary/aromatic N) is 1. The van der Waals surface area contributed by atoms with Gasteiger partial charge in [-0.15, -0.1) is 0 Å². The third kappa shape index (κ3) is 3.95. The molecule has 0 aromatic carbocycles. The number of hydrogen-bond donors (Lipinski definition) is 2. The van der Waals surface area contributed by atoms with E-state index in [0.29, 0.717) is 19.2 Å². The first-order valence-corrected chi connectivity index (χ1v) is 4.75. The van der Waals surface area contributed by atoms with Crippen molar-refractivity contribution < 1.29 is 19.5 Å². The molecular formula is C10H12N2O4. The Labute approximate surface area is 92.2 Å². The molecule has 1 aliphatic rings. The average molecular weight is 224 g/mol. The van der Waals surface area contributed by atoms with Gasteiger partial charge in [0.25, 0.3) is 5.91 Å². The number of amides is 3. The molecule has 0 aromatic heterocycles. The lowest BCUT2D eigenvalue weighted by Gasteiger charge is -2.22. The van der Waals surface area contributed by atoms with E-state index in [9.17, 15) is 14.4 Å². The molecule has 0 saturated carbocycles. The Morgan fingerprint density at radius 1 is 1.25 bits per heavy atom. The smallest absolute Gasteiger partial charge is 0.328 e. The van der Waals surface area contributed by atoms with Gasteiger partial charge in [-0.05, 0) is 6.42 Å². The van der Waals surface area contributed by atoms with Gasteiger partial charge in [-0.2, -0.15) is 0 Å². The van der Waals surface area contributed by atoms with Crippen LogP contribution in [-0.2, 0) is 9.59 Å². The highest BCUT2D eigenvalue weighted by Crippen LogP contribution is 2.00. The molecule has 0 saturated heterocycles. The zero-order valence-electron chi connectivity index (χ0n) is 8.55. The second-order valence-corrected chi connectivity index (χ2v) is 3.17. The number of aliphatic carboxylic acids is 1. The van der Waals surface area contributed by atoms with Crippen LogP contribution < -0.4 is 5.32 Å². The molecule has 86 valence electrons. The van der Waals surface area contributed by atoms with E-state index < -0.39 is 17.9 Å². The summed E-state index contributed by atoms with van der Waals surface area (Å²) in [5.41, 5.74) is 0. The van der Waals surface area contributed by atoms with Gasteiger partial charge in [0.2, 0.25) is 0 Å². The molecule has 0 atom stereocenters. The van der Waals surface area contributed by atoms with Crippen molar-refractivity contribution in [1.29, 1.82) is 0 Å². The first-order valence-electron chi connectivity index (χ1n) is 4.75. The Morgan fingerprint density at radius 2 is 2.00 bits per heavy atom. The van der Waals surface area contributed by atoms with Gasteiger partial charge in [0.1, 0.15) is 0 Å². The fraction of sp³-hybridized carbons (Fsp3) is 0.300. The minimum atomic E-state index is -1.23. The Balaban J connectivity index is 2.41. The first-order chi connectivity index (χ1) is 7.59. The van der Waals surface area contributed by atoms with E-state index in [4.69, 9.17) is 5.11 Å². The molecule has 1 aliphatic heterocycles. The van der Waals surface area contributed by atoms with Gasteiger partial charge in [0, 0.05) is 25.2 Å². The summed E-state index contributed by atoms with van der Waals surface area (Å²) in [6.45, 7) is 1.01. The first kappa shape index (κ1) is 12.0. The van der Waals surface area contributed by atoms with E-state index in [2.05, 4.69) is 5.32 Å². The molecule has 0 fully saturated rings. The summed E-state index contributed by atoms with van der Waals surface area (Å²) in [6, 6.07) is -0.510. The molecule has 0 aliphatic carbocycles. The lowest BCUT2D eigenvalue weighted by molar-refractivity contribution is -0.131. The molecule has 6 heteroatoms. The van der Waals surface area contributed by atoms with Crippen LogP contribution in [0.3, 0.4) is 0 Å². The third-order valence-corrected chi connectivity index (χ3v) is 1.95. The van der Waals surface area contributed by atoms with Crippen LogP contribution in [0.25, 0.3) is 0 Å². The van der Waals surface area contributed by atoms with Crippen molar-refractivity contribution in [3.8, 4) is 0 Å². The van der Waals surface area contributed by atoms with Crippen LogP contribution >= 0.6 is 0 Å². The van der Waals surface area contributed by atoms with Crippen molar-refractivity contribution in [2.75, 3.05) is 13.1 Å². The molecule has 1 heterocycles. The van der Waals surface area contributed by atoms with E-state index in [1.54, 1.807) is 0 Å². The van der Waals surface area contributed by atoms with Crippen LogP contribution in [0.4, 0.5) is 4.79 Å². The lowest BCUT2D eigenvalue weighted by atomic mass is 10.3. The summed E-state index contributed by atoms with van der Waals surface area (Å²) in [5, 5.41) is 10.3. The molecule has 0 aromatic rings. The number of carbonyl (C=O) groups excluding carboxylic acids is 2. The van der Waals surface area contributed by atoms with Crippen LogP contribution in [0.5, 0.6) is 0 Å². The predicted octanol–water partition coefficient (Wildman–Crippen LogP) is 0.125. The van der Waals surface area contributed by atoms with Gasteiger partial charge < -0.3 is 10.0 Å². The van der Waals surface area contributed by atoms with E-state index in [-0.39, 0.29) is 0 Å². The zero-order valence-corrected chi connectivity index (χ0v) is 8.55. The molecule has 0 spiro atoms. The molecule has 2 N–H and O–H groups in total. The van der Waals surface area contributed by atoms with Crippen molar-refractivity contribution in [2.24, 2.45) is 0 Å². The normalized spacial score (nSPS) is 15.1. The fourth-order valence-corrected chi connectivity index (χ4v) is 1.20. The predicted molar refractivity (Wildman–Crippen MR) is 55.6 cm³/mol. The van der Waals surface area contributed by atoms with E-state index in [1.807, 2.05) is 12.2 Å². The van der Waals surface area contributed by atoms with Gasteiger partial charge in [0.05, 0.1) is 0 Å². The summed E-state index contributed by atoms with van der Waals surface area (Å²) < 4.78 is 0. The highest BCUT2D eigenvalue weighted by molar-refractivity contribution is 6.02. The average Bonchev–Trinajstić information content (AvgIpc) is 2.27. The standard InChI is InChI=1S/C10H12N2O4/c13-8(4-5-9(14)15)11-10(16)12-6-2-1-3-7-12/h1-2,4-5H,3,6-7H2,(H,14,15)(H,11,13,16)/b5-4+.